The van der Waals surface area contributed by atoms with E-state index in [1.165, 1.54) is 19.2 Å². The minimum Gasteiger partial charge on any atom is -0.508 e. The molecule has 6 heteroatoms. The molecule has 0 fully saturated rings. The summed E-state index contributed by atoms with van der Waals surface area (Å²) in [5, 5.41) is 11.3. The van der Waals surface area contributed by atoms with Gasteiger partial charge in [0.05, 0.1) is 18.9 Å². The fourth-order valence-electron chi connectivity index (χ4n) is 1.10. The highest BCUT2D eigenvalue weighted by molar-refractivity contribution is 5.91. The lowest BCUT2D eigenvalue weighted by atomic mass is 10.3. The van der Waals surface area contributed by atoms with Crippen molar-refractivity contribution in [1.29, 1.82) is 0 Å². The largest absolute Gasteiger partial charge is 0.508 e. The van der Waals surface area contributed by atoms with E-state index in [0.29, 0.717) is 13.2 Å². The Labute approximate surface area is 98.2 Å². The third kappa shape index (κ3) is 4.80. The third-order valence-corrected chi connectivity index (χ3v) is 1.89. The van der Waals surface area contributed by atoms with Crippen molar-refractivity contribution in [2.24, 2.45) is 0 Å². The SMILES string of the molecule is COCCOCC(=O)Nc1ccc(O)cc1F. The number of halogens is 1. The highest BCUT2D eigenvalue weighted by Crippen LogP contribution is 2.19. The summed E-state index contributed by atoms with van der Waals surface area (Å²) in [7, 11) is 1.52. The van der Waals surface area contributed by atoms with Gasteiger partial charge in [-0.1, -0.05) is 0 Å². The zero-order chi connectivity index (χ0) is 12.7. The highest BCUT2D eigenvalue weighted by atomic mass is 19.1. The molecular formula is C11H14FNO4. The molecule has 0 aliphatic carbocycles. The molecule has 17 heavy (non-hydrogen) atoms. The van der Waals surface area contributed by atoms with E-state index in [1.807, 2.05) is 0 Å². The average Bonchev–Trinajstić information content (AvgIpc) is 2.28. The predicted octanol–water partition coefficient (Wildman–Crippen LogP) is 1.13. The van der Waals surface area contributed by atoms with Gasteiger partial charge in [0.25, 0.3) is 0 Å². The van der Waals surface area contributed by atoms with Crippen molar-refractivity contribution >= 4 is 11.6 Å². The second kappa shape index (κ2) is 6.82. The van der Waals surface area contributed by atoms with Crippen molar-refractivity contribution in [3.05, 3.63) is 24.0 Å². The number of benzene rings is 1. The van der Waals surface area contributed by atoms with Crippen LogP contribution < -0.4 is 5.32 Å². The molecule has 0 spiro atoms. The van der Waals surface area contributed by atoms with E-state index in [9.17, 15) is 9.18 Å². The number of carbonyl (C=O) groups is 1. The topological polar surface area (TPSA) is 67.8 Å². The number of phenolic OH excluding ortho intramolecular Hbond substituents is 1. The first-order valence-corrected chi connectivity index (χ1v) is 4.98. The van der Waals surface area contributed by atoms with Gasteiger partial charge in [0.2, 0.25) is 5.91 Å². The Morgan fingerprint density at radius 2 is 2.24 bits per heavy atom. The molecule has 0 aliphatic rings. The number of aromatic hydroxyl groups is 1. The number of hydrogen-bond acceptors (Lipinski definition) is 4. The number of nitrogens with one attached hydrogen (secondary N) is 1. The van der Waals surface area contributed by atoms with E-state index in [4.69, 9.17) is 14.6 Å². The molecule has 0 saturated heterocycles. The maximum Gasteiger partial charge on any atom is 0.250 e. The van der Waals surface area contributed by atoms with Crippen LogP contribution in [0.1, 0.15) is 0 Å². The van der Waals surface area contributed by atoms with E-state index >= 15 is 0 Å². The van der Waals surface area contributed by atoms with Crippen LogP contribution >= 0.6 is 0 Å². The van der Waals surface area contributed by atoms with Crippen molar-refractivity contribution in [3.8, 4) is 5.75 Å². The van der Waals surface area contributed by atoms with Gasteiger partial charge < -0.3 is 19.9 Å². The molecule has 94 valence electrons. The summed E-state index contributed by atoms with van der Waals surface area (Å²) in [6, 6.07) is 3.48. The molecule has 5 nitrogen and oxygen atoms in total. The molecule has 1 aromatic rings. The van der Waals surface area contributed by atoms with Crippen LogP contribution in [0, 0.1) is 5.82 Å². The summed E-state index contributed by atoms with van der Waals surface area (Å²) < 4.78 is 22.9. The van der Waals surface area contributed by atoms with Crippen molar-refractivity contribution < 1.29 is 23.8 Å². The smallest absolute Gasteiger partial charge is 0.250 e. The van der Waals surface area contributed by atoms with Crippen LogP contribution in [0.25, 0.3) is 0 Å². The van der Waals surface area contributed by atoms with E-state index in [0.717, 1.165) is 6.07 Å². The van der Waals surface area contributed by atoms with Crippen LogP contribution in [-0.4, -0.2) is 37.9 Å². The Morgan fingerprint density at radius 1 is 1.47 bits per heavy atom. The molecule has 0 unspecified atom stereocenters. The Kier molecular flexibility index (Phi) is 5.38. The maximum absolute atomic E-state index is 13.2. The van der Waals surface area contributed by atoms with Gasteiger partial charge in [0, 0.05) is 13.2 Å². The molecule has 0 bridgehead atoms. The first-order valence-electron chi connectivity index (χ1n) is 4.98. The Bertz CT molecular complexity index is 384. The zero-order valence-electron chi connectivity index (χ0n) is 9.40. The maximum atomic E-state index is 13.2. The molecule has 0 aliphatic heterocycles. The number of phenols is 1. The molecule has 0 radical (unpaired) electrons. The average molecular weight is 243 g/mol. The first kappa shape index (κ1) is 13.4. The van der Waals surface area contributed by atoms with Crippen LogP contribution in [0.15, 0.2) is 18.2 Å². The second-order valence-electron chi connectivity index (χ2n) is 3.26. The van der Waals surface area contributed by atoms with Gasteiger partial charge in [0.15, 0.2) is 0 Å². The Morgan fingerprint density at radius 3 is 2.88 bits per heavy atom. The number of rotatable bonds is 6. The van der Waals surface area contributed by atoms with Crippen molar-refractivity contribution in [2.45, 2.75) is 0 Å². The Hall–Kier alpha value is -1.66. The normalized spacial score (nSPS) is 10.2. The summed E-state index contributed by atoms with van der Waals surface area (Å²) in [6.07, 6.45) is 0. The number of hydrogen-bond donors (Lipinski definition) is 2. The second-order valence-corrected chi connectivity index (χ2v) is 3.26. The highest BCUT2D eigenvalue weighted by Gasteiger charge is 2.07. The number of anilines is 1. The Balaban J connectivity index is 2.40. The number of methoxy groups -OCH3 is 1. The third-order valence-electron chi connectivity index (χ3n) is 1.89. The number of ether oxygens (including phenoxy) is 2. The summed E-state index contributed by atoms with van der Waals surface area (Å²) >= 11 is 0. The molecule has 0 aromatic heterocycles. The van der Waals surface area contributed by atoms with Gasteiger partial charge in [-0.2, -0.15) is 0 Å². The van der Waals surface area contributed by atoms with Crippen LogP contribution in [0.4, 0.5) is 10.1 Å². The minimum absolute atomic E-state index is 0.00291. The van der Waals surface area contributed by atoms with Gasteiger partial charge in [-0.05, 0) is 12.1 Å². The lowest BCUT2D eigenvalue weighted by Crippen LogP contribution is -2.20. The molecule has 1 rings (SSSR count). The molecule has 1 aromatic carbocycles. The molecular weight excluding hydrogens is 229 g/mol. The van der Waals surface area contributed by atoms with E-state index < -0.39 is 11.7 Å². The molecule has 1 amide bonds. The van der Waals surface area contributed by atoms with Crippen LogP contribution in [-0.2, 0) is 14.3 Å². The van der Waals surface area contributed by atoms with E-state index in [1.54, 1.807) is 0 Å². The van der Waals surface area contributed by atoms with Crippen LogP contribution in [0.2, 0.25) is 0 Å². The van der Waals surface area contributed by atoms with E-state index in [2.05, 4.69) is 5.32 Å². The number of amides is 1. The van der Waals surface area contributed by atoms with Gasteiger partial charge in [-0.15, -0.1) is 0 Å². The monoisotopic (exact) mass is 243 g/mol. The lowest BCUT2D eigenvalue weighted by Gasteiger charge is -2.07. The van der Waals surface area contributed by atoms with Gasteiger partial charge in [0.1, 0.15) is 18.2 Å². The zero-order valence-corrected chi connectivity index (χ0v) is 9.40. The van der Waals surface area contributed by atoms with Crippen molar-refractivity contribution in [1.82, 2.24) is 0 Å². The summed E-state index contributed by atoms with van der Waals surface area (Å²) in [4.78, 5) is 11.3. The standard InChI is InChI=1S/C11H14FNO4/c1-16-4-5-17-7-11(15)13-10-3-2-8(14)6-9(10)12/h2-3,6,14H,4-5,7H2,1H3,(H,13,15). The fraction of sp³-hybridized carbons (Fsp3) is 0.364. The summed E-state index contributed by atoms with van der Waals surface area (Å²) in [5.41, 5.74) is 0.00291. The molecule has 0 saturated carbocycles. The predicted molar refractivity (Wildman–Crippen MR) is 59.4 cm³/mol. The van der Waals surface area contributed by atoms with Crippen LogP contribution in [0.3, 0.4) is 0 Å². The molecule has 2 N–H and O–H groups in total. The van der Waals surface area contributed by atoms with Crippen molar-refractivity contribution in [2.75, 3.05) is 32.2 Å². The van der Waals surface area contributed by atoms with Gasteiger partial charge >= 0.3 is 0 Å². The summed E-state index contributed by atoms with van der Waals surface area (Å²) in [6.45, 7) is 0.506. The summed E-state index contributed by atoms with van der Waals surface area (Å²) in [5.74, 6) is -1.36. The van der Waals surface area contributed by atoms with Crippen LogP contribution in [0.5, 0.6) is 5.75 Å². The van der Waals surface area contributed by atoms with Gasteiger partial charge in [-0.25, -0.2) is 4.39 Å². The fourth-order valence-corrected chi connectivity index (χ4v) is 1.10. The van der Waals surface area contributed by atoms with Gasteiger partial charge in [-0.3, -0.25) is 4.79 Å². The molecule has 0 atom stereocenters. The molecule has 0 heterocycles. The van der Waals surface area contributed by atoms with Crippen molar-refractivity contribution in [3.63, 3.8) is 0 Å². The number of carbonyl (C=O) groups excluding carboxylic acids is 1. The minimum atomic E-state index is -0.699. The first-order chi connectivity index (χ1) is 8.13. The lowest BCUT2D eigenvalue weighted by molar-refractivity contribution is -0.121. The van der Waals surface area contributed by atoms with E-state index in [-0.39, 0.29) is 18.0 Å². The quantitative estimate of drug-likeness (QED) is 0.580.